The second-order valence-corrected chi connectivity index (χ2v) is 3.34. The molecule has 0 radical (unpaired) electrons. The molecule has 0 atom stereocenters. The predicted molar refractivity (Wildman–Crippen MR) is 59.3 cm³/mol. The van der Waals surface area contributed by atoms with Gasteiger partial charge in [0.2, 0.25) is 5.91 Å². The van der Waals surface area contributed by atoms with Crippen LogP contribution in [0.3, 0.4) is 0 Å². The van der Waals surface area contributed by atoms with Crippen LogP contribution in [0.1, 0.15) is 6.92 Å². The van der Waals surface area contributed by atoms with Gasteiger partial charge in [-0.2, -0.15) is 0 Å². The smallest absolute Gasteiger partial charge is 0.323 e. The van der Waals surface area contributed by atoms with Gasteiger partial charge in [0.1, 0.15) is 6.54 Å². The lowest BCUT2D eigenvalue weighted by atomic mass is 10.3. The van der Waals surface area contributed by atoms with Crippen LogP contribution in [0, 0.1) is 0 Å². The molecule has 0 fully saturated rings. The zero-order valence-electron chi connectivity index (χ0n) is 8.86. The monoisotopic (exact) mass is 220 g/mol. The quantitative estimate of drug-likeness (QED) is 0.726. The average Bonchev–Trinajstić information content (AvgIpc) is 2.28. The minimum atomic E-state index is -0.308. The van der Waals surface area contributed by atoms with Crippen LogP contribution in [0.25, 0.3) is 0 Å². The molecule has 6 heteroatoms. The first-order valence-corrected chi connectivity index (χ1v) is 5.02. The lowest BCUT2D eigenvalue weighted by Crippen LogP contribution is -2.47. The summed E-state index contributed by atoms with van der Waals surface area (Å²) in [7, 11) is 0. The Morgan fingerprint density at radius 2 is 2.50 bits per heavy atom. The van der Waals surface area contributed by atoms with Gasteiger partial charge in [-0.25, -0.2) is 9.78 Å². The van der Waals surface area contributed by atoms with Gasteiger partial charge < -0.3 is 10.6 Å². The molecule has 6 nitrogen and oxygen atoms in total. The van der Waals surface area contributed by atoms with Crippen molar-refractivity contribution in [1.29, 1.82) is 0 Å². The minimum Gasteiger partial charge on any atom is -0.338 e. The first-order valence-electron chi connectivity index (χ1n) is 5.02. The number of hydrogen-bond acceptors (Lipinski definition) is 3. The van der Waals surface area contributed by atoms with Crippen molar-refractivity contribution in [2.45, 2.75) is 6.92 Å². The average molecular weight is 220 g/mol. The second-order valence-electron chi connectivity index (χ2n) is 3.34. The Morgan fingerprint density at radius 3 is 3.25 bits per heavy atom. The SMILES string of the molecule is CCNC(=O)N1CC(=O)Nc2cccnc21. The van der Waals surface area contributed by atoms with Crippen molar-refractivity contribution in [3.05, 3.63) is 18.3 Å². The highest BCUT2D eigenvalue weighted by atomic mass is 16.2. The van der Waals surface area contributed by atoms with E-state index in [0.717, 1.165) is 0 Å². The number of rotatable bonds is 1. The van der Waals surface area contributed by atoms with E-state index in [1.165, 1.54) is 4.90 Å². The van der Waals surface area contributed by atoms with E-state index in [4.69, 9.17) is 0 Å². The molecular formula is C10H12N4O2. The van der Waals surface area contributed by atoms with Crippen LogP contribution >= 0.6 is 0 Å². The van der Waals surface area contributed by atoms with E-state index >= 15 is 0 Å². The number of amides is 3. The fourth-order valence-corrected chi connectivity index (χ4v) is 1.53. The summed E-state index contributed by atoms with van der Waals surface area (Å²) in [6.07, 6.45) is 1.59. The lowest BCUT2D eigenvalue weighted by molar-refractivity contribution is -0.115. The van der Waals surface area contributed by atoms with Gasteiger partial charge in [-0.1, -0.05) is 0 Å². The van der Waals surface area contributed by atoms with E-state index in [0.29, 0.717) is 18.1 Å². The summed E-state index contributed by atoms with van der Waals surface area (Å²) in [4.78, 5) is 28.5. The van der Waals surface area contributed by atoms with Gasteiger partial charge in [0.15, 0.2) is 5.82 Å². The number of anilines is 2. The van der Waals surface area contributed by atoms with Gasteiger partial charge >= 0.3 is 6.03 Å². The van der Waals surface area contributed by atoms with Crippen LogP contribution in [0.5, 0.6) is 0 Å². The Labute approximate surface area is 92.7 Å². The molecule has 0 saturated carbocycles. The Hall–Kier alpha value is -2.11. The zero-order valence-corrected chi connectivity index (χ0v) is 8.86. The topological polar surface area (TPSA) is 74.3 Å². The summed E-state index contributed by atoms with van der Waals surface area (Å²) in [5.41, 5.74) is 0.560. The maximum atomic E-state index is 11.7. The highest BCUT2D eigenvalue weighted by Crippen LogP contribution is 2.25. The molecule has 0 unspecified atom stereocenters. The highest BCUT2D eigenvalue weighted by molar-refractivity contribution is 6.08. The van der Waals surface area contributed by atoms with Crippen LogP contribution in [-0.2, 0) is 4.79 Å². The Balaban J connectivity index is 2.33. The number of urea groups is 1. The van der Waals surface area contributed by atoms with E-state index in [2.05, 4.69) is 15.6 Å². The maximum Gasteiger partial charge on any atom is 0.323 e. The first kappa shape index (κ1) is 10.4. The molecule has 2 heterocycles. The normalized spacial score (nSPS) is 14.1. The molecule has 1 aromatic heterocycles. The summed E-state index contributed by atoms with van der Waals surface area (Å²) in [5, 5.41) is 5.31. The molecule has 0 bridgehead atoms. The number of carbonyl (C=O) groups is 2. The van der Waals surface area contributed by atoms with Crippen LogP contribution in [-0.4, -0.2) is 30.0 Å². The van der Waals surface area contributed by atoms with Crippen molar-refractivity contribution < 1.29 is 9.59 Å². The summed E-state index contributed by atoms with van der Waals surface area (Å²) < 4.78 is 0. The van der Waals surface area contributed by atoms with Crippen LogP contribution in [0.2, 0.25) is 0 Å². The molecule has 2 N–H and O–H groups in total. The predicted octanol–water partition coefficient (Wildman–Crippen LogP) is 0.570. The Morgan fingerprint density at radius 1 is 1.69 bits per heavy atom. The molecule has 0 aromatic carbocycles. The maximum absolute atomic E-state index is 11.7. The van der Waals surface area contributed by atoms with Crippen molar-refractivity contribution in [2.24, 2.45) is 0 Å². The van der Waals surface area contributed by atoms with Crippen molar-refractivity contribution in [3.8, 4) is 0 Å². The fraction of sp³-hybridized carbons (Fsp3) is 0.300. The van der Waals surface area contributed by atoms with Gasteiger partial charge in [0.05, 0.1) is 5.69 Å². The third-order valence-electron chi connectivity index (χ3n) is 2.19. The van der Waals surface area contributed by atoms with Gasteiger partial charge in [-0.3, -0.25) is 9.69 Å². The summed E-state index contributed by atoms with van der Waals surface area (Å²) in [6.45, 7) is 2.33. The fourth-order valence-electron chi connectivity index (χ4n) is 1.53. The molecule has 0 aliphatic carbocycles. The van der Waals surface area contributed by atoms with Crippen molar-refractivity contribution in [1.82, 2.24) is 10.3 Å². The van der Waals surface area contributed by atoms with E-state index < -0.39 is 0 Å². The number of carbonyl (C=O) groups excluding carboxylic acids is 2. The lowest BCUT2D eigenvalue weighted by Gasteiger charge is -2.27. The van der Waals surface area contributed by atoms with Gasteiger partial charge in [0, 0.05) is 12.7 Å². The summed E-state index contributed by atoms with van der Waals surface area (Å²) in [6, 6.07) is 3.11. The molecule has 16 heavy (non-hydrogen) atoms. The summed E-state index contributed by atoms with van der Waals surface area (Å²) in [5.74, 6) is 0.264. The van der Waals surface area contributed by atoms with E-state index in [1.54, 1.807) is 18.3 Å². The number of hydrogen-bond donors (Lipinski definition) is 2. The van der Waals surface area contributed by atoms with E-state index in [-0.39, 0.29) is 18.5 Å². The second kappa shape index (κ2) is 4.18. The highest BCUT2D eigenvalue weighted by Gasteiger charge is 2.27. The first-order chi connectivity index (χ1) is 7.72. The standard InChI is InChI=1S/C10H12N4O2/c1-2-11-10(16)14-6-8(15)13-7-4-3-5-12-9(7)14/h3-5H,2,6H2,1H3,(H,11,16)(H,13,15). The molecule has 84 valence electrons. The van der Waals surface area contributed by atoms with Crippen LogP contribution in [0.4, 0.5) is 16.3 Å². The van der Waals surface area contributed by atoms with E-state index in [9.17, 15) is 9.59 Å². The Kier molecular flexibility index (Phi) is 2.72. The van der Waals surface area contributed by atoms with Gasteiger partial charge in [0.25, 0.3) is 0 Å². The van der Waals surface area contributed by atoms with Gasteiger partial charge in [-0.15, -0.1) is 0 Å². The van der Waals surface area contributed by atoms with E-state index in [1.807, 2.05) is 6.92 Å². The van der Waals surface area contributed by atoms with Crippen molar-refractivity contribution in [3.63, 3.8) is 0 Å². The molecule has 1 aromatic rings. The number of pyridine rings is 1. The molecule has 1 aliphatic heterocycles. The third kappa shape index (κ3) is 1.81. The molecule has 0 spiro atoms. The van der Waals surface area contributed by atoms with Crippen LogP contribution in [0.15, 0.2) is 18.3 Å². The third-order valence-corrected chi connectivity index (χ3v) is 2.19. The number of aromatic nitrogens is 1. The molecular weight excluding hydrogens is 208 g/mol. The molecule has 0 saturated heterocycles. The Bertz CT molecular complexity index is 433. The van der Waals surface area contributed by atoms with Gasteiger partial charge in [-0.05, 0) is 19.1 Å². The van der Waals surface area contributed by atoms with Crippen molar-refractivity contribution in [2.75, 3.05) is 23.3 Å². The number of fused-ring (bicyclic) bond motifs is 1. The van der Waals surface area contributed by atoms with Crippen LogP contribution < -0.4 is 15.5 Å². The molecule has 3 amide bonds. The minimum absolute atomic E-state index is 0.00412. The number of nitrogens with zero attached hydrogens (tertiary/aromatic N) is 2. The zero-order chi connectivity index (χ0) is 11.5. The number of nitrogens with one attached hydrogen (secondary N) is 2. The van der Waals surface area contributed by atoms with Crippen molar-refractivity contribution >= 4 is 23.4 Å². The summed E-state index contributed by atoms with van der Waals surface area (Å²) >= 11 is 0. The largest absolute Gasteiger partial charge is 0.338 e. The molecule has 2 rings (SSSR count). The molecule has 1 aliphatic rings.